The summed E-state index contributed by atoms with van der Waals surface area (Å²) in [4.78, 5) is 4.63. The van der Waals surface area contributed by atoms with Crippen LogP contribution in [0.3, 0.4) is 0 Å². The topological polar surface area (TPSA) is 18.5 Å². The van der Waals surface area contributed by atoms with Crippen LogP contribution in [0.5, 0.6) is 0 Å². The van der Waals surface area contributed by atoms with Gasteiger partial charge in [-0.25, -0.2) is 0 Å². The van der Waals surface area contributed by atoms with Crippen molar-refractivity contribution < 1.29 is 0 Å². The molecule has 1 fully saturated rings. The van der Waals surface area contributed by atoms with Gasteiger partial charge in [0.25, 0.3) is 0 Å². The van der Waals surface area contributed by atoms with Crippen LogP contribution in [0.4, 0.5) is 11.4 Å². The third kappa shape index (κ3) is 3.78. The fourth-order valence-corrected chi connectivity index (χ4v) is 3.27. The number of para-hydroxylation sites is 1. The van der Waals surface area contributed by atoms with Crippen LogP contribution in [-0.2, 0) is 0 Å². The van der Waals surface area contributed by atoms with E-state index in [1.165, 1.54) is 5.69 Å². The van der Waals surface area contributed by atoms with Crippen molar-refractivity contribution in [1.82, 2.24) is 4.90 Å². The predicted molar refractivity (Wildman–Crippen MR) is 101 cm³/mol. The lowest BCUT2D eigenvalue weighted by Gasteiger charge is -2.37. The Hall–Kier alpha value is -1.59. The summed E-state index contributed by atoms with van der Waals surface area (Å²) in [6.45, 7) is 3.86. The fourth-order valence-electron chi connectivity index (χ4n) is 2.58. The zero-order chi connectivity index (χ0) is 15.4. The summed E-state index contributed by atoms with van der Waals surface area (Å²) in [7, 11) is 0. The maximum Gasteiger partial charge on any atom is 0.173 e. The van der Waals surface area contributed by atoms with Gasteiger partial charge in [-0.15, -0.1) is 0 Å². The Morgan fingerprint density at radius 3 is 2.36 bits per heavy atom. The van der Waals surface area contributed by atoms with Gasteiger partial charge in [-0.05, 0) is 42.5 Å². The normalized spacial score (nSPS) is 14.8. The molecule has 0 spiro atoms. The number of halogens is 1. The smallest absolute Gasteiger partial charge is 0.173 e. The molecule has 114 valence electrons. The highest BCUT2D eigenvalue weighted by atomic mass is 79.9. The van der Waals surface area contributed by atoms with Gasteiger partial charge in [0.2, 0.25) is 0 Å². The van der Waals surface area contributed by atoms with E-state index < -0.39 is 0 Å². The SMILES string of the molecule is S=C(Nc1cccc(Br)c1)N1CCN(c2ccccc2)CC1. The van der Waals surface area contributed by atoms with E-state index in [0.29, 0.717) is 0 Å². The Labute approximate surface area is 145 Å². The third-order valence-corrected chi connectivity index (χ3v) is 4.62. The van der Waals surface area contributed by atoms with Gasteiger partial charge in [-0.2, -0.15) is 0 Å². The summed E-state index contributed by atoms with van der Waals surface area (Å²) in [6.07, 6.45) is 0. The molecule has 2 aromatic carbocycles. The molecule has 0 atom stereocenters. The zero-order valence-electron chi connectivity index (χ0n) is 12.2. The lowest BCUT2D eigenvalue weighted by atomic mass is 10.2. The monoisotopic (exact) mass is 375 g/mol. The van der Waals surface area contributed by atoms with Crippen molar-refractivity contribution in [2.75, 3.05) is 36.4 Å². The molecule has 0 radical (unpaired) electrons. The molecule has 1 aliphatic rings. The van der Waals surface area contributed by atoms with E-state index in [-0.39, 0.29) is 0 Å². The van der Waals surface area contributed by atoms with Crippen molar-refractivity contribution >= 4 is 44.6 Å². The number of anilines is 2. The van der Waals surface area contributed by atoms with Crippen molar-refractivity contribution in [1.29, 1.82) is 0 Å². The Bertz CT molecular complexity index is 639. The van der Waals surface area contributed by atoms with Crippen LogP contribution in [0.25, 0.3) is 0 Å². The number of nitrogens with one attached hydrogen (secondary N) is 1. The summed E-state index contributed by atoms with van der Waals surface area (Å²) < 4.78 is 1.05. The number of thiocarbonyl (C=S) groups is 1. The Morgan fingerprint density at radius 1 is 0.955 bits per heavy atom. The van der Waals surface area contributed by atoms with E-state index in [4.69, 9.17) is 12.2 Å². The van der Waals surface area contributed by atoms with Crippen LogP contribution >= 0.6 is 28.1 Å². The maximum absolute atomic E-state index is 5.54. The second-order valence-corrected chi connectivity index (χ2v) is 6.55. The third-order valence-electron chi connectivity index (χ3n) is 3.76. The number of nitrogens with zero attached hydrogens (tertiary/aromatic N) is 2. The van der Waals surface area contributed by atoms with Crippen molar-refractivity contribution in [3.8, 4) is 0 Å². The van der Waals surface area contributed by atoms with E-state index in [1.807, 2.05) is 24.3 Å². The molecule has 22 heavy (non-hydrogen) atoms. The van der Waals surface area contributed by atoms with Gasteiger partial charge in [0.1, 0.15) is 0 Å². The molecular formula is C17H18BrN3S. The first kappa shape index (κ1) is 15.3. The average molecular weight is 376 g/mol. The molecule has 2 aromatic rings. The lowest BCUT2D eigenvalue weighted by Crippen LogP contribution is -2.50. The molecule has 1 N–H and O–H groups in total. The first-order valence-electron chi connectivity index (χ1n) is 7.34. The summed E-state index contributed by atoms with van der Waals surface area (Å²) in [5.74, 6) is 0. The van der Waals surface area contributed by atoms with Crippen LogP contribution in [-0.4, -0.2) is 36.2 Å². The molecular weight excluding hydrogens is 358 g/mol. The maximum atomic E-state index is 5.54. The molecule has 3 rings (SSSR count). The van der Waals surface area contributed by atoms with Crippen molar-refractivity contribution in [3.63, 3.8) is 0 Å². The highest BCUT2D eigenvalue weighted by molar-refractivity contribution is 9.10. The van der Waals surface area contributed by atoms with E-state index in [0.717, 1.165) is 41.5 Å². The molecule has 1 heterocycles. The van der Waals surface area contributed by atoms with Gasteiger partial charge in [0.15, 0.2) is 5.11 Å². The zero-order valence-corrected chi connectivity index (χ0v) is 14.6. The Kier molecular flexibility index (Phi) is 4.95. The molecule has 0 aromatic heterocycles. The quantitative estimate of drug-likeness (QED) is 0.800. The molecule has 5 heteroatoms. The Morgan fingerprint density at radius 2 is 1.68 bits per heavy atom. The molecule has 0 amide bonds. The highest BCUT2D eigenvalue weighted by Gasteiger charge is 2.19. The fraction of sp³-hybridized carbons (Fsp3) is 0.235. The van der Waals surface area contributed by atoms with E-state index >= 15 is 0 Å². The summed E-state index contributed by atoms with van der Waals surface area (Å²) >= 11 is 9.01. The van der Waals surface area contributed by atoms with Gasteiger partial charge in [0, 0.05) is 42.0 Å². The second-order valence-electron chi connectivity index (χ2n) is 5.25. The number of piperazine rings is 1. The predicted octanol–water partition coefficient (Wildman–Crippen LogP) is 3.97. The van der Waals surface area contributed by atoms with Crippen molar-refractivity contribution in [3.05, 3.63) is 59.1 Å². The van der Waals surface area contributed by atoms with Gasteiger partial charge in [0.05, 0.1) is 0 Å². The highest BCUT2D eigenvalue weighted by Crippen LogP contribution is 2.18. The van der Waals surface area contributed by atoms with Crippen LogP contribution in [0.2, 0.25) is 0 Å². The standard InChI is InChI=1S/C17H18BrN3S/c18-14-5-4-6-15(13-14)19-17(22)21-11-9-20(10-12-21)16-7-2-1-3-8-16/h1-8,13H,9-12H2,(H,19,22). The van der Waals surface area contributed by atoms with Gasteiger partial charge in [-0.1, -0.05) is 40.2 Å². The van der Waals surface area contributed by atoms with Crippen molar-refractivity contribution in [2.24, 2.45) is 0 Å². The molecule has 3 nitrogen and oxygen atoms in total. The van der Waals surface area contributed by atoms with E-state index in [9.17, 15) is 0 Å². The van der Waals surface area contributed by atoms with Crippen molar-refractivity contribution in [2.45, 2.75) is 0 Å². The first-order valence-corrected chi connectivity index (χ1v) is 8.54. The van der Waals surface area contributed by atoms with Gasteiger partial charge < -0.3 is 15.1 Å². The van der Waals surface area contributed by atoms with Crippen LogP contribution in [0, 0.1) is 0 Å². The number of hydrogen-bond acceptors (Lipinski definition) is 2. The minimum Gasteiger partial charge on any atom is -0.368 e. The lowest BCUT2D eigenvalue weighted by molar-refractivity contribution is 0.391. The molecule has 0 aliphatic carbocycles. The minimum absolute atomic E-state index is 0.797. The van der Waals surface area contributed by atoms with Gasteiger partial charge >= 0.3 is 0 Å². The molecule has 0 bridgehead atoms. The van der Waals surface area contributed by atoms with Gasteiger partial charge in [-0.3, -0.25) is 0 Å². The number of rotatable bonds is 2. The largest absolute Gasteiger partial charge is 0.368 e. The molecule has 1 saturated heterocycles. The number of hydrogen-bond donors (Lipinski definition) is 1. The summed E-state index contributed by atoms with van der Waals surface area (Å²) in [5.41, 5.74) is 2.30. The molecule has 0 saturated carbocycles. The molecule has 1 aliphatic heterocycles. The summed E-state index contributed by atoms with van der Waals surface area (Å²) in [6, 6.07) is 18.6. The second kappa shape index (κ2) is 7.11. The van der Waals surface area contributed by atoms with Crippen LogP contribution in [0.1, 0.15) is 0 Å². The molecule has 0 unspecified atom stereocenters. The van der Waals surface area contributed by atoms with E-state index in [1.54, 1.807) is 0 Å². The van der Waals surface area contributed by atoms with Crippen LogP contribution < -0.4 is 10.2 Å². The van der Waals surface area contributed by atoms with E-state index in [2.05, 4.69) is 61.4 Å². The first-order chi connectivity index (χ1) is 10.7. The average Bonchev–Trinajstić information content (AvgIpc) is 2.56. The van der Waals surface area contributed by atoms with Crippen LogP contribution in [0.15, 0.2) is 59.1 Å². The summed E-state index contributed by atoms with van der Waals surface area (Å²) in [5, 5.41) is 4.11. The number of benzene rings is 2. The minimum atomic E-state index is 0.797. The Balaban J connectivity index is 1.56.